The number of sulfonamides is 1. The number of nitrogens with one attached hydrogen (secondary N) is 1. The van der Waals surface area contributed by atoms with Crippen LogP contribution in [0.3, 0.4) is 0 Å². The minimum atomic E-state index is -3.91. The fourth-order valence-electron chi connectivity index (χ4n) is 3.14. The highest BCUT2D eigenvalue weighted by Crippen LogP contribution is 2.40. The Labute approximate surface area is 124 Å². The molecular weight excluding hydrogens is 292 g/mol. The van der Waals surface area contributed by atoms with Gasteiger partial charge in [-0.05, 0) is 51.0 Å². The molecule has 0 spiro atoms. The van der Waals surface area contributed by atoms with Crippen LogP contribution in [0.15, 0.2) is 21.6 Å². The number of furan rings is 1. The fraction of sp³-hybridized carbons (Fsp3) is 0.643. The monoisotopic (exact) mass is 312 g/mol. The number of carbonyl (C=O) groups is 1. The molecule has 0 aliphatic carbocycles. The Bertz CT molecular complexity index is 628. The summed E-state index contributed by atoms with van der Waals surface area (Å²) in [6.45, 7) is 4.49. The van der Waals surface area contributed by atoms with Gasteiger partial charge in [0.25, 0.3) is 10.0 Å². The highest BCUT2D eigenvalue weighted by atomic mass is 32.2. The van der Waals surface area contributed by atoms with Crippen LogP contribution in [0.2, 0.25) is 0 Å². The van der Waals surface area contributed by atoms with E-state index < -0.39 is 15.4 Å². The number of fused-ring (bicyclic) bond motifs is 3. The molecule has 3 aliphatic rings. The summed E-state index contributed by atoms with van der Waals surface area (Å²) in [4.78, 5) is 14.8. The van der Waals surface area contributed by atoms with Crippen molar-refractivity contribution >= 4 is 15.9 Å². The number of piperidine rings is 3. The molecule has 2 bridgehead atoms. The van der Waals surface area contributed by atoms with Crippen molar-refractivity contribution in [2.45, 2.75) is 37.7 Å². The summed E-state index contributed by atoms with van der Waals surface area (Å²) in [5.74, 6) is 0.211. The van der Waals surface area contributed by atoms with Gasteiger partial charge in [-0.25, -0.2) is 4.72 Å². The predicted molar refractivity (Wildman–Crippen MR) is 76.1 cm³/mol. The standard InChI is InChI=1S/C14H20N2O4S/c1-2-11-3-4-12(20-11)21(18,19)15-13(17)14-5-8-16(9-6-14)10-7-14/h3-4H,2,5-10H2,1H3,(H,15,17). The smallest absolute Gasteiger partial charge is 0.297 e. The maximum atomic E-state index is 12.5. The van der Waals surface area contributed by atoms with Crippen molar-refractivity contribution in [1.29, 1.82) is 0 Å². The third-order valence-electron chi connectivity index (χ3n) is 4.68. The Morgan fingerprint density at radius 2 is 1.90 bits per heavy atom. The van der Waals surface area contributed by atoms with E-state index in [1.54, 1.807) is 6.07 Å². The Hall–Kier alpha value is -1.34. The molecule has 4 heterocycles. The molecule has 4 rings (SSSR count). The molecule has 1 N–H and O–H groups in total. The lowest BCUT2D eigenvalue weighted by atomic mass is 9.71. The van der Waals surface area contributed by atoms with Crippen molar-refractivity contribution in [3.8, 4) is 0 Å². The average Bonchev–Trinajstić information content (AvgIpc) is 2.98. The summed E-state index contributed by atoms with van der Waals surface area (Å²) in [6, 6.07) is 3.02. The van der Waals surface area contributed by atoms with Crippen LogP contribution in [0.1, 0.15) is 31.9 Å². The van der Waals surface area contributed by atoms with Crippen molar-refractivity contribution in [1.82, 2.24) is 9.62 Å². The van der Waals surface area contributed by atoms with Crippen molar-refractivity contribution < 1.29 is 17.6 Å². The number of hydrogen-bond donors (Lipinski definition) is 1. The molecule has 0 saturated carbocycles. The maximum absolute atomic E-state index is 12.5. The van der Waals surface area contributed by atoms with E-state index in [4.69, 9.17) is 4.42 Å². The van der Waals surface area contributed by atoms with Crippen LogP contribution in [-0.2, 0) is 21.2 Å². The van der Waals surface area contributed by atoms with E-state index in [1.165, 1.54) is 6.07 Å². The lowest BCUT2D eigenvalue weighted by molar-refractivity contribution is -0.136. The van der Waals surface area contributed by atoms with Gasteiger partial charge in [-0.2, -0.15) is 8.42 Å². The van der Waals surface area contributed by atoms with E-state index >= 15 is 0 Å². The van der Waals surface area contributed by atoms with Crippen LogP contribution in [0.4, 0.5) is 0 Å². The summed E-state index contributed by atoms with van der Waals surface area (Å²) < 4.78 is 32.0. The van der Waals surface area contributed by atoms with E-state index in [0.29, 0.717) is 12.2 Å². The van der Waals surface area contributed by atoms with Gasteiger partial charge in [-0.1, -0.05) is 6.92 Å². The number of rotatable bonds is 4. The lowest BCUT2D eigenvalue weighted by Crippen LogP contribution is -2.55. The largest absolute Gasteiger partial charge is 0.448 e. The minimum Gasteiger partial charge on any atom is -0.448 e. The third-order valence-corrected chi connectivity index (χ3v) is 5.88. The third kappa shape index (κ3) is 2.60. The normalized spacial score (nSPS) is 28.5. The summed E-state index contributed by atoms with van der Waals surface area (Å²) in [7, 11) is -3.91. The van der Waals surface area contributed by atoms with Gasteiger partial charge in [0.15, 0.2) is 0 Å². The second-order valence-electron chi connectivity index (χ2n) is 5.88. The molecular formula is C14H20N2O4S. The number of nitrogens with zero attached hydrogens (tertiary/aromatic N) is 1. The van der Waals surface area contributed by atoms with Crippen molar-refractivity contribution in [2.75, 3.05) is 19.6 Å². The van der Waals surface area contributed by atoms with Crippen LogP contribution in [0.25, 0.3) is 0 Å². The van der Waals surface area contributed by atoms with Crippen LogP contribution >= 0.6 is 0 Å². The van der Waals surface area contributed by atoms with E-state index in [1.807, 2.05) is 6.92 Å². The van der Waals surface area contributed by atoms with E-state index in [-0.39, 0.29) is 11.0 Å². The SMILES string of the molecule is CCc1ccc(S(=O)(=O)NC(=O)C23CCN(CC2)CC3)o1. The zero-order chi connectivity index (χ0) is 15.1. The molecule has 1 amide bonds. The molecule has 3 fully saturated rings. The maximum Gasteiger partial charge on any atom is 0.297 e. The Morgan fingerprint density at radius 1 is 1.29 bits per heavy atom. The average molecular weight is 312 g/mol. The zero-order valence-electron chi connectivity index (χ0n) is 12.1. The predicted octanol–water partition coefficient (Wildman–Crippen LogP) is 1.13. The topological polar surface area (TPSA) is 79.6 Å². The first-order valence-corrected chi connectivity index (χ1v) is 8.82. The highest BCUT2D eigenvalue weighted by Gasteiger charge is 2.46. The highest BCUT2D eigenvalue weighted by molar-refractivity contribution is 7.89. The van der Waals surface area contributed by atoms with Crippen molar-refractivity contribution in [3.05, 3.63) is 17.9 Å². The zero-order valence-corrected chi connectivity index (χ0v) is 12.9. The van der Waals surface area contributed by atoms with Gasteiger partial charge in [-0.3, -0.25) is 4.79 Å². The summed E-state index contributed by atoms with van der Waals surface area (Å²) in [5, 5.41) is -0.183. The number of aryl methyl sites for hydroxylation is 1. The quantitative estimate of drug-likeness (QED) is 0.901. The van der Waals surface area contributed by atoms with Gasteiger partial charge in [0.05, 0.1) is 5.41 Å². The molecule has 116 valence electrons. The Morgan fingerprint density at radius 3 is 2.43 bits per heavy atom. The van der Waals surface area contributed by atoms with Gasteiger partial charge in [0.1, 0.15) is 5.76 Å². The van der Waals surface area contributed by atoms with Crippen LogP contribution in [0, 0.1) is 5.41 Å². The van der Waals surface area contributed by atoms with Crippen molar-refractivity contribution in [3.63, 3.8) is 0 Å². The van der Waals surface area contributed by atoms with E-state index in [9.17, 15) is 13.2 Å². The minimum absolute atomic E-state index is 0.183. The molecule has 0 aromatic carbocycles. The first-order chi connectivity index (χ1) is 9.95. The molecule has 1 aromatic rings. The first kappa shape index (κ1) is 14.6. The molecule has 6 nitrogen and oxygen atoms in total. The second kappa shape index (κ2) is 5.14. The Balaban J connectivity index is 1.77. The van der Waals surface area contributed by atoms with Gasteiger partial charge in [0.2, 0.25) is 11.0 Å². The lowest BCUT2D eigenvalue weighted by Gasteiger charge is -2.46. The Kier molecular flexibility index (Phi) is 3.57. The molecule has 21 heavy (non-hydrogen) atoms. The fourth-order valence-corrected chi connectivity index (χ4v) is 4.17. The van der Waals surface area contributed by atoms with Gasteiger partial charge in [-0.15, -0.1) is 0 Å². The molecule has 0 atom stereocenters. The van der Waals surface area contributed by atoms with Crippen LogP contribution in [-0.4, -0.2) is 38.9 Å². The number of amides is 1. The van der Waals surface area contributed by atoms with Crippen LogP contribution in [0.5, 0.6) is 0 Å². The molecule has 3 aliphatic heterocycles. The summed E-state index contributed by atoms with van der Waals surface area (Å²) >= 11 is 0. The van der Waals surface area contributed by atoms with Gasteiger partial charge < -0.3 is 9.32 Å². The molecule has 0 unspecified atom stereocenters. The summed E-state index contributed by atoms with van der Waals surface area (Å²) in [5.41, 5.74) is -0.526. The molecule has 3 saturated heterocycles. The number of carbonyl (C=O) groups excluding carboxylic acids is 1. The van der Waals surface area contributed by atoms with Crippen LogP contribution < -0.4 is 4.72 Å². The summed E-state index contributed by atoms with van der Waals surface area (Å²) in [6.07, 6.45) is 2.80. The van der Waals surface area contributed by atoms with Gasteiger partial charge >= 0.3 is 0 Å². The number of hydrogen-bond acceptors (Lipinski definition) is 5. The van der Waals surface area contributed by atoms with E-state index in [2.05, 4.69) is 9.62 Å². The molecule has 1 aromatic heterocycles. The second-order valence-corrected chi connectivity index (χ2v) is 7.49. The van der Waals surface area contributed by atoms with E-state index in [0.717, 1.165) is 38.9 Å². The van der Waals surface area contributed by atoms with Gasteiger partial charge in [0, 0.05) is 6.42 Å². The molecule has 7 heteroatoms. The molecule has 0 radical (unpaired) electrons. The first-order valence-electron chi connectivity index (χ1n) is 7.33. The van der Waals surface area contributed by atoms with Crippen molar-refractivity contribution in [2.24, 2.45) is 5.41 Å².